The molecule has 1 fully saturated rings. The van der Waals surface area contributed by atoms with E-state index in [0.717, 1.165) is 61.9 Å². The number of rotatable bonds is 9. The molecule has 0 saturated carbocycles. The van der Waals surface area contributed by atoms with Crippen LogP contribution in [0.1, 0.15) is 36.2 Å². The Morgan fingerprint density at radius 2 is 2.13 bits per heavy atom. The zero-order valence-corrected chi connectivity index (χ0v) is 17.6. The van der Waals surface area contributed by atoms with Gasteiger partial charge in [0.2, 0.25) is 0 Å². The van der Waals surface area contributed by atoms with Crippen LogP contribution in [0.15, 0.2) is 35.3 Å². The predicted octanol–water partition coefficient (Wildman–Crippen LogP) is 2.71. The molecule has 9 nitrogen and oxygen atoms in total. The summed E-state index contributed by atoms with van der Waals surface area (Å²) in [6.45, 7) is 7.63. The van der Waals surface area contributed by atoms with E-state index in [2.05, 4.69) is 33.7 Å². The number of aromatic nitrogens is 2. The minimum atomic E-state index is -0.397. The molecule has 0 aliphatic carbocycles. The molecule has 9 heteroatoms. The summed E-state index contributed by atoms with van der Waals surface area (Å²) >= 11 is 0. The third-order valence-corrected chi connectivity index (χ3v) is 5.03. The van der Waals surface area contributed by atoms with Gasteiger partial charge in [0.05, 0.1) is 23.3 Å². The van der Waals surface area contributed by atoms with E-state index in [4.69, 9.17) is 4.74 Å². The molecule has 1 unspecified atom stereocenters. The maximum Gasteiger partial charge on any atom is 0.269 e. The highest BCUT2D eigenvalue weighted by molar-refractivity contribution is 5.79. The van der Waals surface area contributed by atoms with Crippen molar-refractivity contribution in [2.45, 2.75) is 52.3 Å². The van der Waals surface area contributed by atoms with E-state index in [9.17, 15) is 10.1 Å². The Bertz CT molecular complexity index is 856. The molecule has 0 bridgehead atoms. The summed E-state index contributed by atoms with van der Waals surface area (Å²) < 4.78 is 7.70. The van der Waals surface area contributed by atoms with Crippen molar-refractivity contribution in [3.63, 3.8) is 0 Å². The fraction of sp³-hybridized carbons (Fsp3) is 0.524. The number of hydrogen-bond donors (Lipinski definition) is 2. The van der Waals surface area contributed by atoms with Crippen LogP contribution in [0, 0.1) is 24.0 Å². The van der Waals surface area contributed by atoms with Crippen molar-refractivity contribution in [2.75, 3.05) is 19.7 Å². The lowest BCUT2D eigenvalue weighted by Crippen LogP contribution is -2.41. The Hall–Kier alpha value is -2.94. The van der Waals surface area contributed by atoms with Crippen LogP contribution >= 0.6 is 0 Å². The van der Waals surface area contributed by atoms with Crippen molar-refractivity contribution in [1.29, 1.82) is 0 Å². The van der Waals surface area contributed by atoms with Crippen LogP contribution in [-0.2, 0) is 17.8 Å². The summed E-state index contributed by atoms with van der Waals surface area (Å²) in [7, 11) is 0. The number of aliphatic imine (C=N–C) groups is 1. The van der Waals surface area contributed by atoms with E-state index in [0.29, 0.717) is 13.1 Å². The zero-order valence-electron chi connectivity index (χ0n) is 17.6. The maximum absolute atomic E-state index is 10.8. The van der Waals surface area contributed by atoms with Gasteiger partial charge >= 0.3 is 0 Å². The lowest BCUT2D eigenvalue weighted by Gasteiger charge is -2.16. The number of nitro benzene ring substituents is 1. The lowest BCUT2D eigenvalue weighted by atomic mass is 10.2. The molecule has 2 aromatic rings. The van der Waals surface area contributed by atoms with Crippen LogP contribution < -0.4 is 10.6 Å². The highest BCUT2D eigenvalue weighted by Crippen LogP contribution is 2.13. The first-order valence-corrected chi connectivity index (χ1v) is 10.4. The predicted molar refractivity (Wildman–Crippen MR) is 116 cm³/mol. The summed E-state index contributed by atoms with van der Waals surface area (Å²) in [5, 5.41) is 22.0. The van der Waals surface area contributed by atoms with Gasteiger partial charge in [-0.25, -0.2) is 4.99 Å². The summed E-state index contributed by atoms with van der Waals surface area (Å²) in [6.07, 6.45) is 3.28. The molecule has 0 spiro atoms. The van der Waals surface area contributed by atoms with Gasteiger partial charge in [-0.05, 0) is 44.7 Å². The molecule has 1 atom stereocenters. The summed E-state index contributed by atoms with van der Waals surface area (Å²) in [6, 6.07) is 8.57. The van der Waals surface area contributed by atoms with E-state index in [-0.39, 0.29) is 11.8 Å². The van der Waals surface area contributed by atoms with Gasteiger partial charge in [-0.1, -0.05) is 12.1 Å². The second-order valence-electron chi connectivity index (χ2n) is 7.53. The highest BCUT2D eigenvalue weighted by atomic mass is 16.6. The second kappa shape index (κ2) is 10.7. The minimum Gasteiger partial charge on any atom is -0.376 e. The van der Waals surface area contributed by atoms with Crippen molar-refractivity contribution < 1.29 is 9.66 Å². The molecule has 1 saturated heterocycles. The van der Waals surface area contributed by atoms with E-state index < -0.39 is 4.92 Å². The van der Waals surface area contributed by atoms with Crippen molar-refractivity contribution in [3.8, 4) is 0 Å². The molecule has 2 N–H and O–H groups in total. The summed E-state index contributed by atoms with van der Waals surface area (Å²) in [4.78, 5) is 15.0. The zero-order chi connectivity index (χ0) is 21.3. The maximum atomic E-state index is 10.8. The Balaban J connectivity index is 1.53. The second-order valence-corrected chi connectivity index (χ2v) is 7.53. The fourth-order valence-corrected chi connectivity index (χ4v) is 3.42. The van der Waals surface area contributed by atoms with Crippen LogP contribution in [0.4, 0.5) is 5.69 Å². The quantitative estimate of drug-likeness (QED) is 0.215. The normalized spacial score (nSPS) is 16.6. The molecule has 1 aromatic heterocycles. The highest BCUT2D eigenvalue weighted by Gasteiger charge is 2.15. The monoisotopic (exact) mass is 414 g/mol. The number of non-ortho nitro benzene ring substituents is 1. The Morgan fingerprint density at radius 3 is 2.77 bits per heavy atom. The van der Waals surface area contributed by atoms with Crippen molar-refractivity contribution >= 4 is 11.6 Å². The average Bonchev–Trinajstić information content (AvgIpc) is 3.36. The largest absolute Gasteiger partial charge is 0.376 e. The number of nitrogens with zero attached hydrogens (tertiary/aromatic N) is 4. The van der Waals surface area contributed by atoms with Gasteiger partial charge in [0, 0.05) is 44.1 Å². The number of benzene rings is 1. The van der Waals surface area contributed by atoms with Gasteiger partial charge in [0.25, 0.3) is 5.69 Å². The first-order valence-electron chi connectivity index (χ1n) is 10.4. The number of nitro groups is 1. The molecule has 30 heavy (non-hydrogen) atoms. The van der Waals surface area contributed by atoms with Crippen LogP contribution in [-0.4, -0.2) is 46.5 Å². The number of guanidine groups is 1. The number of aryl methyl sites for hydroxylation is 3. The van der Waals surface area contributed by atoms with Crippen LogP contribution in [0.5, 0.6) is 0 Å². The SMILES string of the molecule is Cc1cc(C)n(CCCNC(=NCc2ccc([N+](=O)[O-])cc2)NCC2CCCO2)n1. The smallest absolute Gasteiger partial charge is 0.269 e. The van der Waals surface area contributed by atoms with Gasteiger partial charge in [0.1, 0.15) is 0 Å². The molecular formula is C21H30N6O3. The molecule has 0 radical (unpaired) electrons. The Kier molecular flexibility index (Phi) is 7.78. The fourth-order valence-electron chi connectivity index (χ4n) is 3.42. The van der Waals surface area contributed by atoms with E-state index in [1.165, 1.54) is 12.1 Å². The molecule has 3 rings (SSSR count). The molecule has 2 heterocycles. The molecule has 1 aliphatic heterocycles. The first kappa shape index (κ1) is 21.8. The summed E-state index contributed by atoms with van der Waals surface area (Å²) in [5.74, 6) is 0.720. The lowest BCUT2D eigenvalue weighted by molar-refractivity contribution is -0.384. The van der Waals surface area contributed by atoms with Gasteiger partial charge in [-0.3, -0.25) is 14.8 Å². The van der Waals surface area contributed by atoms with Crippen LogP contribution in [0.3, 0.4) is 0 Å². The topological polar surface area (TPSA) is 107 Å². The molecule has 1 aliphatic rings. The van der Waals surface area contributed by atoms with Crippen molar-refractivity contribution in [3.05, 3.63) is 57.4 Å². The van der Waals surface area contributed by atoms with Gasteiger partial charge in [0.15, 0.2) is 5.96 Å². The standard InChI is InChI=1S/C21H30N6O3/c1-16-13-17(2)26(25-16)11-4-10-22-21(24-15-20-5-3-12-30-20)23-14-18-6-8-19(9-7-18)27(28)29/h6-9,13,20H,3-5,10-12,14-15H2,1-2H3,(H2,22,23,24). The first-order chi connectivity index (χ1) is 14.5. The summed E-state index contributed by atoms with van der Waals surface area (Å²) in [5.41, 5.74) is 3.20. The van der Waals surface area contributed by atoms with E-state index >= 15 is 0 Å². The molecule has 0 amide bonds. The molecule has 1 aromatic carbocycles. The number of nitrogens with one attached hydrogen (secondary N) is 2. The average molecular weight is 415 g/mol. The Morgan fingerprint density at radius 1 is 1.33 bits per heavy atom. The van der Waals surface area contributed by atoms with Gasteiger partial charge in [-0.15, -0.1) is 0 Å². The third kappa shape index (κ3) is 6.55. The third-order valence-electron chi connectivity index (χ3n) is 5.03. The van der Waals surface area contributed by atoms with Crippen LogP contribution in [0.25, 0.3) is 0 Å². The van der Waals surface area contributed by atoms with Crippen molar-refractivity contribution in [1.82, 2.24) is 20.4 Å². The molecule has 162 valence electrons. The van der Waals surface area contributed by atoms with E-state index in [1.807, 2.05) is 11.6 Å². The Labute approximate surface area is 176 Å². The molecular weight excluding hydrogens is 384 g/mol. The van der Waals surface area contributed by atoms with Crippen molar-refractivity contribution in [2.24, 2.45) is 4.99 Å². The number of ether oxygens (including phenoxy) is 1. The van der Waals surface area contributed by atoms with Crippen LogP contribution in [0.2, 0.25) is 0 Å². The minimum absolute atomic E-state index is 0.0849. The van der Waals surface area contributed by atoms with E-state index in [1.54, 1.807) is 12.1 Å². The van der Waals surface area contributed by atoms with Gasteiger partial charge < -0.3 is 15.4 Å². The number of hydrogen-bond acceptors (Lipinski definition) is 5. The van der Waals surface area contributed by atoms with Gasteiger partial charge in [-0.2, -0.15) is 5.10 Å².